The molecule has 0 N–H and O–H groups in total. The van der Waals surface area contributed by atoms with E-state index in [2.05, 4.69) is 51.0 Å². The van der Waals surface area contributed by atoms with Crippen molar-refractivity contribution in [1.82, 2.24) is 0 Å². The van der Waals surface area contributed by atoms with Gasteiger partial charge in [-0.3, -0.25) is 0 Å². The molecule has 0 heteroatoms. The first kappa shape index (κ1) is 13.8. The zero-order valence-electron chi connectivity index (χ0n) is 11.4. The summed E-state index contributed by atoms with van der Waals surface area (Å²) in [6.45, 7) is 6.76. The number of hydrogen-bond acceptors (Lipinski definition) is 0. The second-order valence-corrected chi connectivity index (χ2v) is 5.71. The van der Waals surface area contributed by atoms with E-state index in [0.717, 1.165) is 12.8 Å². The summed E-state index contributed by atoms with van der Waals surface area (Å²) in [5.74, 6) is 2.69. The minimum Gasteiger partial charge on any atom is -0.120 e. The van der Waals surface area contributed by atoms with E-state index in [4.69, 9.17) is 6.42 Å². The van der Waals surface area contributed by atoms with Gasteiger partial charge in [0, 0.05) is 6.42 Å². The lowest BCUT2D eigenvalue weighted by Crippen LogP contribution is -2.10. The number of rotatable bonds is 5. The molecule has 0 saturated carbocycles. The van der Waals surface area contributed by atoms with Crippen LogP contribution in [0.2, 0.25) is 0 Å². The van der Waals surface area contributed by atoms with Crippen molar-refractivity contribution in [2.45, 2.75) is 58.3 Å². The van der Waals surface area contributed by atoms with E-state index in [0.29, 0.717) is 0 Å². The molecular formula is C17H24. The van der Waals surface area contributed by atoms with Crippen LogP contribution in [0.3, 0.4) is 0 Å². The fraction of sp³-hybridized carbons (Fsp3) is 0.529. The monoisotopic (exact) mass is 228 g/mol. The van der Waals surface area contributed by atoms with Gasteiger partial charge in [0.1, 0.15) is 0 Å². The van der Waals surface area contributed by atoms with Gasteiger partial charge >= 0.3 is 0 Å². The summed E-state index contributed by atoms with van der Waals surface area (Å²) in [7, 11) is 0. The molecule has 0 saturated heterocycles. The van der Waals surface area contributed by atoms with Crippen LogP contribution >= 0.6 is 0 Å². The summed E-state index contributed by atoms with van der Waals surface area (Å²) in [5, 5.41) is 0. The topological polar surface area (TPSA) is 0 Å². The van der Waals surface area contributed by atoms with E-state index < -0.39 is 0 Å². The van der Waals surface area contributed by atoms with E-state index in [1.807, 2.05) is 0 Å². The van der Waals surface area contributed by atoms with Crippen LogP contribution in [0, 0.1) is 12.3 Å². The van der Waals surface area contributed by atoms with Gasteiger partial charge in [-0.2, -0.15) is 0 Å². The van der Waals surface area contributed by atoms with Crippen molar-refractivity contribution < 1.29 is 0 Å². The molecule has 0 aromatic heterocycles. The smallest absolute Gasteiger partial charge is 0.00860 e. The Labute approximate surface area is 106 Å². The van der Waals surface area contributed by atoms with E-state index in [9.17, 15) is 0 Å². The molecule has 92 valence electrons. The predicted molar refractivity (Wildman–Crippen MR) is 76.1 cm³/mol. The maximum Gasteiger partial charge on any atom is 0.00860 e. The fourth-order valence-electron chi connectivity index (χ4n) is 1.90. The summed E-state index contributed by atoms with van der Waals surface area (Å²) >= 11 is 0. The van der Waals surface area contributed by atoms with Gasteiger partial charge in [0.15, 0.2) is 0 Å². The van der Waals surface area contributed by atoms with Gasteiger partial charge in [-0.15, -0.1) is 12.3 Å². The predicted octanol–water partition coefficient (Wildman–Crippen LogP) is 4.72. The normalized spacial score (nSPS) is 11.2. The van der Waals surface area contributed by atoms with Gasteiger partial charge in [-0.1, -0.05) is 51.5 Å². The molecular weight excluding hydrogens is 204 g/mol. The molecule has 0 spiro atoms. The quantitative estimate of drug-likeness (QED) is 0.505. The van der Waals surface area contributed by atoms with Crippen molar-refractivity contribution in [3.63, 3.8) is 0 Å². The van der Waals surface area contributed by atoms with E-state index >= 15 is 0 Å². The van der Waals surface area contributed by atoms with Crippen molar-refractivity contribution in [2.24, 2.45) is 0 Å². The van der Waals surface area contributed by atoms with Gasteiger partial charge in [-0.05, 0) is 35.8 Å². The molecule has 17 heavy (non-hydrogen) atoms. The molecule has 0 fully saturated rings. The number of aryl methyl sites for hydroxylation is 1. The zero-order chi connectivity index (χ0) is 12.7. The van der Waals surface area contributed by atoms with Crippen molar-refractivity contribution in [1.29, 1.82) is 0 Å². The van der Waals surface area contributed by atoms with Crippen molar-refractivity contribution in [3.8, 4) is 12.3 Å². The molecule has 1 rings (SSSR count). The third kappa shape index (κ3) is 5.09. The zero-order valence-corrected chi connectivity index (χ0v) is 11.4. The fourth-order valence-corrected chi connectivity index (χ4v) is 1.90. The first-order valence-electron chi connectivity index (χ1n) is 6.57. The van der Waals surface area contributed by atoms with E-state index in [1.165, 1.54) is 30.4 Å². The minimum absolute atomic E-state index is 0.255. The molecule has 0 unspecified atom stereocenters. The summed E-state index contributed by atoms with van der Waals surface area (Å²) in [5.41, 5.74) is 3.11. The minimum atomic E-state index is 0.255. The summed E-state index contributed by atoms with van der Waals surface area (Å²) < 4.78 is 0. The van der Waals surface area contributed by atoms with Crippen molar-refractivity contribution in [3.05, 3.63) is 35.4 Å². The Balaban J connectivity index is 2.39. The lowest BCUT2D eigenvalue weighted by molar-refractivity contribution is 0.589. The van der Waals surface area contributed by atoms with Gasteiger partial charge in [0.25, 0.3) is 0 Å². The molecule has 0 heterocycles. The van der Waals surface area contributed by atoms with Crippen LogP contribution in [0.25, 0.3) is 0 Å². The van der Waals surface area contributed by atoms with Crippen LogP contribution in [-0.4, -0.2) is 0 Å². The first-order chi connectivity index (χ1) is 8.04. The van der Waals surface area contributed by atoms with Gasteiger partial charge in [0.2, 0.25) is 0 Å². The lowest BCUT2D eigenvalue weighted by atomic mass is 9.86. The molecule has 1 aromatic rings. The summed E-state index contributed by atoms with van der Waals surface area (Å²) in [6.07, 6.45) is 11.0. The van der Waals surface area contributed by atoms with Crippen molar-refractivity contribution >= 4 is 0 Å². The number of unbranched alkanes of at least 4 members (excludes halogenated alkanes) is 3. The van der Waals surface area contributed by atoms with E-state index in [1.54, 1.807) is 0 Å². The van der Waals surface area contributed by atoms with Crippen LogP contribution in [0.4, 0.5) is 0 Å². The standard InChI is InChI=1S/C17H24/c1-5-6-7-8-9-10-15-11-13-16(14-12-15)17(2,3)4/h1,11-14H,6-10H2,2-4H3. The second kappa shape index (κ2) is 6.50. The highest BCUT2D eigenvalue weighted by atomic mass is 14.2. The number of hydrogen-bond donors (Lipinski definition) is 0. The van der Waals surface area contributed by atoms with Crippen LogP contribution in [0.1, 0.15) is 57.6 Å². The van der Waals surface area contributed by atoms with Gasteiger partial charge < -0.3 is 0 Å². The highest BCUT2D eigenvalue weighted by Crippen LogP contribution is 2.22. The molecule has 0 amide bonds. The lowest BCUT2D eigenvalue weighted by Gasteiger charge is -2.19. The Kier molecular flexibility index (Phi) is 5.29. The Morgan fingerprint density at radius 3 is 2.18 bits per heavy atom. The molecule has 0 aliphatic carbocycles. The van der Waals surface area contributed by atoms with E-state index in [-0.39, 0.29) is 5.41 Å². The van der Waals surface area contributed by atoms with Gasteiger partial charge in [0.05, 0.1) is 0 Å². The molecule has 0 radical (unpaired) electrons. The highest BCUT2D eigenvalue weighted by molar-refractivity contribution is 5.27. The Morgan fingerprint density at radius 1 is 1.00 bits per heavy atom. The molecule has 0 aliphatic heterocycles. The summed E-state index contributed by atoms with van der Waals surface area (Å²) in [4.78, 5) is 0. The first-order valence-corrected chi connectivity index (χ1v) is 6.57. The Bertz CT molecular complexity index is 357. The summed E-state index contributed by atoms with van der Waals surface area (Å²) in [6, 6.07) is 9.05. The largest absolute Gasteiger partial charge is 0.120 e. The SMILES string of the molecule is C#CCCCCCc1ccc(C(C)(C)C)cc1. The number of terminal acetylenes is 1. The molecule has 0 nitrogen and oxygen atoms in total. The van der Waals surface area contributed by atoms with Crippen LogP contribution in [0.5, 0.6) is 0 Å². The number of benzene rings is 1. The van der Waals surface area contributed by atoms with Crippen LogP contribution in [-0.2, 0) is 11.8 Å². The molecule has 0 atom stereocenters. The van der Waals surface area contributed by atoms with Gasteiger partial charge in [-0.25, -0.2) is 0 Å². The third-order valence-electron chi connectivity index (χ3n) is 3.11. The second-order valence-electron chi connectivity index (χ2n) is 5.71. The highest BCUT2D eigenvalue weighted by Gasteiger charge is 2.12. The van der Waals surface area contributed by atoms with Crippen LogP contribution < -0.4 is 0 Å². The molecule has 0 aliphatic rings. The van der Waals surface area contributed by atoms with Crippen molar-refractivity contribution in [2.75, 3.05) is 0 Å². The van der Waals surface area contributed by atoms with Crippen LogP contribution in [0.15, 0.2) is 24.3 Å². The molecule has 1 aromatic carbocycles. The maximum atomic E-state index is 5.23. The average Bonchev–Trinajstić information content (AvgIpc) is 2.28. The average molecular weight is 228 g/mol. The molecule has 0 bridgehead atoms. The Morgan fingerprint density at radius 2 is 1.65 bits per heavy atom. The third-order valence-corrected chi connectivity index (χ3v) is 3.11. The maximum absolute atomic E-state index is 5.23. The Hall–Kier alpha value is -1.22.